The molecule has 7 nitrogen and oxygen atoms in total. The summed E-state index contributed by atoms with van der Waals surface area (Å²) in [6.45, 7) is 2.36. The van der Waals surface area contributed by atoms with Gasteiger partial charge >= 0.3 is 0 Å². The van der Waals surface area contributed by atoms with Crippen LogP contribution >= 0.6 is 11.3 Å². The number of carbonyl (C=O) groups excluding carboxylic acids is 1. The van der Waals surface area contributed by atoms with Crippen molar-refractivity contribution in [2.24, 2.45) is 5.73 Å². The van der Waals surface area contributed by atoms with Crippen molar-refractivity contribution in [1.29, 1.82) is 0 Å². The Balaban J connectivity index is 1.82. The molecular formula is C18H16N4O3S. The molecule has 0 bridgehead atoms. The van der Waals surface area contributed by atoms with E-state index in [1.807, 2.05) is 37.3 Å². The minimum absolute atomic E-state index is 0.0876. The van der Waals surface area contributed by atoms with Crippen LogP contribution in [0.1, 0.15) is 20.9 Å². The summed E-state index contributed by atoms with van der Waals surface area (Å²) in [5.41, 5.74) is 7.65. The first-order valence-electron chi connectivity index (χ1n) is 7.79. The lowest BCUT2D eigenvalue weighted by molar-refractivity contribution is -0.384. The zero-order valence-corrected chi connectivity index (χ0v) is 14.7. The van der Waals surface area contributed by atoms with Gasteiger partial charge in [-0.3, -0.25) is 14.9 Å². The van der Waals surface area contributed by atoms with Gasteiger partial charge in [0.25, 0.3) is 11.6 Å². The molecular weight excluding hydrogens is 352 g/mol. The van der Waals surface area contributed by atoms with Gasteiger partial charge in [0.1, 0.15) is 5.01 Å². The smallest absolute Gasteiger partial charge is 0.270 e. The number of non-ortho nitro benzene ring substituents is 1. The topological polar surface area (TPSA) is 111 Å². The second-order valence-electron chi connectivity index (χ2n) is 5.60. The number of aromatic nitrogens is 1. The fourth-order valence-electron chi connectivity index (χ4n) is 2.48. The van der Waals surface area contributed by atoms with E-state index < -0.39 is 10.8 Å². The molecule has 0 aliphatic rings. The van der Waals surface area contributed by atoms with E-state index in [1.54, 1.807) is 11.3 Å². The second-order valence-corrected chi connectivity index (χ2v) is 6.68. The normalized spacial score (nSPS) is 10.5. The number of anilines is 1. The number of nitrogens with zero attached hydrogens (tertiary/aromatic N) is 2. The van der Waals surface area contributed by atoms with Gasteiger partial charge < -0.3 is 11.1 Å². The monoisotopic (exact) mass is 368 g/mol. The van der Waals surface area contributed by atoms with Crippen LogP contribution in [0.5, 0.6) is 0 Å². The molecule has 3 aromatic rings. The first-order valence-corrected chi connectivity index (χ1v) is 8.61. The Morgan fingerprint density at radius 2 is 2.00 bits per heavy atom. The van der Waals surface area contributed by atoms with E-state index in [1.165, 1.54) is 18.2 Å². The van der Waals surface area contributed by atoms with E-state index in [0.717, 1.165) is 21.1 Å². The molecule has 26 heavy (non-hydrogen) atoms. The van der Waals surface area contributed by atoms with E-state index in [-0.39, 0.29) is 11.3 Å². The molecule has 0 atom stereocenters. The Morgan fingerprint density at radius 1 is 1.27 bits per heavy atom. The molecule has 0 aliphatic heterocycles. The van der Waals surface area contributed by atoms with Gasteiger partial charge in [0, 0.05) is 28.3 Å². The van der Waals surface area contributed by atoms with Gasteiger partial charge in [0.15, 0.2) is 0 Å². The van der Waals surface area contributed by atoms with Gasteiger partial charge in [0.2, 0.25) is 0 Å². The summed E-state index contributed by atoms with van der Waals surface area (Å²) in [4.78, 5) is 27.5. The highest BCUT2D eigenvalue weighted by atomic mass is 32.1. The summed E-state index contributed by atoms with van der Waals surface area (Å²) in [5.74, 6) is -0.720. The third-order valence-electron chi connectivity index (χ3n) is 3.83. The van der Waals surface area contributed by atoms with Crippen LogP contribution in [0, 0.1) is 17.0 Å². The van der Waals surface area contributed by atoms with Gasteiger partial charge in [-0.1, -0.05) is 30.3 Å². The van der Waals surface area contributed by atoms with E-state index in [4.69, 9.17) is 5.73 Å². The zero-order chi connectivity index (χ0) is 18.7. The molecule has 1 amide bonds. The van der Waals surface area contributed by atoms with E-state index >= 15 is 0 Å². The third kappa shape index (κ3) is 3.70. The molecule has 0 unspecified atom stereocenters. The highest BCUT2D eigenvalue weighted by Gasteiger charge is 2.15. The number of hydrogen-bond acceptors (Lipinski definition) is 6. The summed E-state index contributed by atoms with van der Waals surface area (Å²) < 4.78 is 0. The minimum atomic E-state index is -0.720. The number of amides is 1. The fraction of sp³-hybridized carbons (Fsp3) is 0.111. The Labute approximate surface area is 153 Å². The maximum atomic E-state index is 11.6. The predicted octanol–water partition coefficient (Wildman–Crippen LogP) is 3.74. The van der Waals surface area contributed by atoms with Crippen LogP contribution in [0.3, 0.4) is 0 Å². The van der Waals surface area contributed by atoms with Crippen LogP contribution in [0.4, 0.5) is 11.4 Å². The first-order chi connectivity index (χ1) is 12.5. The minimum Gasteiger partial charge on any atom is -0.379 e. The number of nitro benzene ring substituents is 1. The second kappa shape index (κ2) is 7.32. The molecule has 3 N–H and O–H groups in total. The van der Waals surface area contributed by atoms with Crippen molar-refractivity contribution in [3.8, 4) is 10.6 Å². The number of nitro groups is 1. The molecule has 0 spiro atoms. The van der Waals surface area contributed by atoms with Gasteiger partial charge in [0.05, 0.1) is 22.7 Å². The van der Waals surface area contributed by atoms with Crippen molar-refractivity contribution in [2.75, 3.05) is 5.32 Å². The molecule has 3 rings (SSSR count). The van der Waals surface area contributed by atoms with Crippen molar-refractivity contribution >= 4 is 28.6 Å². The summed E-state index contributed by atoms with van der Waals surface area (Å²) in [6, 6.07) is 13.9. The van der Waals surface area contributed by atoms with Crippen molar-refractivity contribution in [2.45, 2.75) is 13.5 Å². The summed E-state index contributed by atoms with van der Waals surface area (Å²) in [5, 5.41) is 14.9. The van der Waals surface area contributed by atoms with Crippen LogP contribution in [0.25, 0.3) is 10.6 Å². The zero-order valence-electron chi connectivity index (χ0n) is 13.9. The van der Waals surface area contributed by atoms with Gasteiger partial charge in [-0.15, -0.1) is 11.3 Å². The highest BCUT2D eigenvalue weighted by Crippen LogP contribution is 2.29. The maximum absolute atomic E-state index is 11.6. The van der Waals surface area contributed by atoms with Crippen LogP contribution in [0.2, 0.25) is 0 Å². The van der Waals surface area contributed by atoms with Crippen molar-refractivity contribution in [3.63, 3.8) is 0 Å². The van der Waals surface area contributed by atoms with E-state index in [0.29, 0.717) is 12.2 Å². The lowest BCUT2D eigenvalue weighted by Gasteiger charge is -2.09. The first kappa shape index (κ1) is 17.6. The van der Waals surface area contributed by atoms with Gasteiger partial charge in [-0.25, -0.2) is 4.98 Å². The number of nitrogens with one attached hydrogen (secondary N) is 1. The van der Waals surface area contributed by atoms with Gasteiger partial charge in [-0.05, 0) is 13.0 Å². The number of primary amides is 1. The number of rotatable bonds is 6. The summed E-state index contributed by atoms with van der Waals surface area (Å²) >= 11 is 1.56. The Hall–Kier alpha value is -3.26. The average Bonchev–Trinajstić information content (AvgIpc) is 3.01. The Morgan fingerprint density at radius 3 is 2.65 bits per heavy atom. The highest BCUT2D eigenvalue weighted by molar-refractivity contribution is 7.15. The lowest BCUT2D eigenvalue weighted by atomic mass is 10.1. The molecule has 0 saturated heterocycles. The van der Waals surface area contributed by atoms with Crippen molar-refractivity contribution < 1.29 is 9.72 Å². The molecule has 0 radical (unpaired) electrons. The maximum Gasteiger partial charge on any atom is 0.270 e. The fourth-order valence-corrected chi connectivity index (χ4v) is 3.48. The van der Waals surface area contributed by atoms with Crippen molar-refractivity contribution in [1.82, 2.24) is 4.98 Å². The lowest BCUT2D eigenvalue weighted by Crippen LogP contribution is -2.14. The molecule has 8 heteroatoms. The largest absolute Gasteiger partial charge is 0.379 e. The summed E-state index contributed by atoms with van der Waals surface area (Å²) in [6.07, 6.45) is 0. The number of carbonyl (C=O) groups is 1. The third-order valence-corrected chi connectivity index (χ3v) is 5.04. The number of hydrogen-bond donors (Lipinski definition) is 2. The Bertz CT molecular complexity index is 970. The molecule has 1 heterocycles. The number of benzene rings is 2. The van der Waals surface area contributed by atoms with E-state index in [2.05, 4.69) is 10.3 Å². The average molecular weight is 368 g/mol. The Kier molecular flexibility index (Phi) is 4.94. The number of aryl methyl sites for hydroxylation is 1. The van der Waals surface area contributed by atoms with E-state index in [9.17, 15) is 14.9 Å². The SMILES string of the molecule is Cc1nc(-c2ccccc2)sc1CNc1ccc([N+](=O)[O-])cc1C(N)=O. The molecule has 132 valence electrons. The van der Waals surface area contributed by atoms with Crippen LogP contribution in [-0.2, 0) is 6.54 Å². The quantitative estimate of drug-likeness (QED) is 0.508. The van der Waals surface area contributed by atoms with Crippen LogP contribution in [-0.4, -0.2) is 15.8 Å². The van der Waals surface area contributed by atoms with Crippen molar-refractivity contribution in [3.05, 3.63) is 74.8 Å². The standard InChI is InChI=1S/C18H16N4O3S/c1-11-16(26-18(21-11)12-5-3-2-4-6-12)10-20-15-8-7-13(22(24)25)9-14(15)17(19)23/h2-9,20H,10H2,1H3,(H2,19,23). The van der Waals surface area contributed by atoms with Gasteiger partial charge in [-0.2, -0.15) is 0 Å². The molecule has 0 fully saturated rings. The summed E-state index contributed by atoms with van der Waals surface area (Å²) in [7, 11) is 0. The molecule has 2 aromatic carbocycles. The predicted molar refractivity (Wildman–Crippen MR) is 101 cm³/mol. The number of nitrogens with two attached hydrogens (primary N) is 1. The van der Waals surface area contributed by atoms with Crippen LogP contribution in [0.15, 0.2) is 48.5 Å². The molecule has 1 aromatic heterocycles. The molecule has 0 saturated carbocycles. The van der Waals surface area contributed by atoms with Crippen LogP contribution < -0.4 is 11.1 Å². The number of thiazole rings is 1. The molecule has 0 aliphatic carbocycles.